The van der Waals surface area contributed by atoms with Crippen LogP contribution in [0.3, 0.4) is 0 Å². The van der Waals surface area contributed by atoms with Crippen LogP contribution in [0.25, 0.3) is 0 Å². The van der Waals surface area contributed by atoms with E-state index in [4.69, 9.17) is 16.7 Å². The number of carbonyl (C=O) groups is 1. The van der Waals surface area contributed by atoms with Gasteiger partial charge in [0.05, 0.1) is 0 Å². The minimum Gasteiger partial charge on any atom is -0.465 e. The summed E-state index contributed by atoms with van der Waals surface area (Å²) in [6.07, 6.45) is -1.06. The quantitative estimate of drug-likeness (QED) is 0.812. The van der Waals surface area contributed by atoms with Crippen molar-refractivity contribution in [1.82, 2.24) is 9.36 Å². The molecule has 0 radical (unpaired) electrons. The lowest BCUT2D eigenvalue weighted by atomic mass is 10.1. The highest BCUT2D eigenvalue weighted by atomic mass is 35.5. The third-order valence-electron chi connectivity index (χ3n) is 1.44. The first-order valence-electron chi connectivity index (χ1n) is 3.85. The molecule has 0 aliphatic rings. The Morgan fingerprint density at radius 1 is 1.57 bits per heavy atom. The maximum absolute atomic E-state index is 11.0. The summed E-state index contributed by atoms with van der Waals surface area (Å²) in [5, 5.41) is 9.35. The van der Waals surface area contributed by atoms with E-state index in [2.05, 4.69) is 9.36 Å². The third kappa shape index (κ3) is 2.33. The molecule has 0 atom stereocenters. The van der Waals surface area contributed by atoms with Crippen LogP contribution in [0.2, 0.25) is 5.28 Å². The standard InChI is InChI=1S/C7H10ClN3O2S/c1-7(2,3)11(6(12)13)5-9-4(8)10-14-5/h1-3H3,(H,12,13). The van der Waals surface area contributed by atoms with E-state index < -0.39 is 11.6 Å². The maximum Gasteiger partial charge on any atom is 0.414 e. The van der Waals surface area contributed by atoms with Gasteiger partial charge in [-0.1, -0.05) is 0 Å². The molecule has 1 N–H and O–H groups in total. The second-order valence-corrected chi connectivity index (χ2v) is 4.70. The van der Waals surface area contributed by atoms with Crippen LogP contribution >= 0.6 is 23.1 Å². The second kappa shape index (κ2) is 3.70. The van der Waals surface area contributed by atoms with Crippen molar-refractivity contribution in [2.75, 3.05) is 4.90 Å². The van der Waals surface area contributed by atoms with E-state index in [0.717, 1.165) is 16.4 Å². The average Bonchev–Trinajstić information content (AvgIpc) is 2.31. The number of amides is 1. The molecular formula is C7H10ClN3O2S. The fourth-order valence-corrected chi connectivity index (χ4v) is 1.94. The first-order chi connectivity index (χ1) is 6.32. The minimum absolute atomic E-state index is 0.0699. The summed E-state index contributed by atoms with van der Waals surface area (Å²) in [7, 11) is 0. The van der Waals surface area contributed by atoms with E-state index in [1.165, 1.54) is 0 Å². The first-order valence-corrected chi connectivity index (χ1v) is 5.00. The SMILES string of the molecule is CC(C)(C)N(C(=O)O)c1nc(Cl)ns1. The van der Waals surface area contributed by atoms with Crippen molar-refractivity contribution in [2.24, 2.45) is 0 Å². The van der Waals surface area contributed by atoms with Crippen LogP contribution < -0.4 is 4.90 Å². The number of nitrogens with zero attached hydrogens (tertiary/aromatic N) is 3. The molecule has 1 amide bonds. The van der Waals surface area contributed by atoms with Gasteiger partial charge in [0.25, 0.3) is 0 Å². The van der Waals surface area contributed by atoms with Gasteiger partial charge in [-0.15, -0.1) is 0 Å². The smallest absolute Gasteiger partial charge is 0.414 e. The van der Waals surface area contributed by atoms with Crippen molar-refractivity contribution in [2.45, 2.75) is 26.3 Å². The number of hydrogen-bond donors (Lipinski definition) is 1. The Kier molecular flexibility index (Phi) is 2.96. The highest BCUT2D eigenvalue weighted by molar-refractivity contribution is 7.10. The molecule has 5 nitrogen and oxygen atoms in total. The Labute approximate surface area is 90.5 Å². The number of halogens is 1. The van der Waals surface area contributed by atoms with Crippen molar-refractivity contribution >= 4 is 34.4 Å². The third-order valence-corrected chi connectivity index (χ3v) is 2.41. The van der Waals surface area contributed by atoms with Gasteiger partial charge >= 0.3 is 6.09 Å². The molecule has 0 saturated heterocycles. The van der Waals surface area contributed by atoms with E-state index in [1.807, 2.05) is 0 Å². The van der Waals surface area contributed by atoms with Crippen LogP contribution in [0.4, 0.5) is 9.93 Å². The van der Waals surface area contributed by atoms with Crippen molar-refractivity contribution < 1.29 is 9.90 Å². The fourth-order valence-electron chi connectivity index (χ4n) is 0.945. The van der Waals surface area contributed by atoms with E-state index in [0.29, 0.717) is 0 Å². The van der Waals surface area contributed by atoms with Crippen LogP contribution in [0.5, 0.6) is 0 Å². The topological polar surface area (TPSA) is 66.3 Å². The highest BCUT2D eigenvalue weighted by Gasteiger charge is 2.30. The Morgan fingerprint density at radius 3 is 2.43 bits per heavy atom. The molecule has 0 spiro atoms. The number of aromatic nitrogens is 2. The molecule has 1 aromatic rings. The van der Waals surface area contributed by atoms with Gasteiger partial charge in [0.1, 0.15) is 0 Å². The normalized spacial score (nSPS) is 11.4. The molecule has 1 aromatic heterocycles. The van der Waals surface area contributed by atoms with Gasteiger partial charge in [-0.05, 0) is 32.4 Å². The zero-order chi connectivity index (χ0) is 10.9. The molecular weight excluding hydrogens is 226 g/mol. The summed E-state index contributed by atoms with van der Waals surface area (Å²) in [6, 6.07) is 0. The Balaban J connectivity index is 3.07. The first kappa shape index (κ1) is 11.2. The molecule has 0 saturated carbocycles. The van der Waals surface area contributed by atoms with Crippen molar-refractivity contribution in [3.05, 3.63) is 5.28 Å². The molecule has 0 unspecified atom stereocenters. The van der Waals surface area contributed by atoms with Gasteiger partial charge in [0, 0.05) is 17.1 Å². The summed E-state index contributed by atoms with van der Waals surface area (Å²) in [6.45, 7) is 5.32. The number of carboxylic acid groups (broad SMARTS) is 1. The number of hydrogen-bond acceptors (Lipinski definition) is 4. The lowest BCUT2D eigenvalue weighted by Crippen LogP contribution is -2.45. The summed E-state index contributed by atoms with van der Waals surface area (Å²) in [5.74, 6) is 0. The largest absolute Gasteiger partial charge is 0.465 e. The van der Waals surface area contributed by atoms with Gasteiger partial charge in [-0.2, -0.15) is 9.36 Å². The van der Waals surface area contributed by atoms with Crippen molar-refractivity contribution in [1.29, 1.82) is 0 Å². The molecule has 0 aromatic carbocycles. The van der Waals surface area contributed by atoms with Crippen LogP contribution in [0.15, 0.2) is 0 Å². The molecule has 1 rings (SSSR count). The molecule has 0 bridgehead atoms. The number of anilines is 1. The Morgan fingerprint density at radius 2 is 2.14 bits per heavy atom. The highest BCUT2D eigenvalue weighted by Crippen LogP contribution is 2.26. The molecule has 7 heteroatoms. The van der Waals surface area contributed by atoms with Crippen molar-refractivity contribution in [3.8, 4) is 0 Å². The minimum atomic E-state index is -1.06. The van der Waals surface area contributed by atoms with E-state index in [9.17, 15) is 4.79 Å². The predicted molar refractivity (Wildman–Crippen MR) is 55.2 cm³/mol. The zero-order valence-corrected chi connectivity index (χ0v) is 9.56. The van der Waals surface area contributed by atoms with Gasteiger partial charge in [-0.25, -0.2) is 9.69 Å². The monoisotopic (exact) mass is 235 g/mol. The molecule has 78 valence electrons. The molecule has 14 heavy (non-hydrogen) atoms. The summed E-state index contributed by atoms with van der Waals surface area (Å²) >= 11 is 6.49. The van der Waals surface area contributed by atoms with Gasteiger partial charge in [0.2, 0.25) is 10.4 Å². The predicted octanol–water partition coefficient (Wildman–Crippen LogP) is 2.47. The van der Waals surface area contributed by atoms with Crippen LogP contribution in [0, 0.1) is 0 Å². The fraction of sp³-hybridized carbons (Fsp3) is 0.571. The molecule has 0 fully saturated rings. The van der Waals surface area contributed by atoms with Gasteiger partial charge in [0.15, 0.2) is 0 Å². The summed E-state index contributed by atoms with van der Waals surface area (Å²) in [4.78, 5) is 15.9. The van der Waals surface area contributed by atoms with Crippen molar-refractivity contribution in [3.63, 3.8) is 0 Å². The Hall–Kier alpha value is -0.880. The van der Waals surface area contributed by atoms with E-state index in [-0.39, 0.29) is 10.4 Å². The van der Waals surface area contributed by atoms with Crippen LogP contribution in [-0.4, -0.2) is 26.1 Å². The van der Waals surface area contributed by atoms with E-state index in [1.54, 1.807) is 20.8 Å². The summed E-state index contributed by atoms with van der Waals surface area (Å²) < 4.78 is 3.72. The zero-order valence-electron chi connectivity index (χ0n) is 7.98. The second-order valence-electron chi connectivity index (χ2n) is 3.63. The molecule has 1 heterocycles. The van der Waals surface area contributed by atoms with Gasteiger partial charge in [-0.3, -0.25) is 0 Å². The van der Waals surface area contributed by atoms with Crippen LogP contribution in [-0.2, 0) is 0 Å². The molecule has 0 aliphatic heterocycles. The van der Waals surface area contributed by atoms with E-state index >= 15 is 0 Å². The van der Waals surface area contributed by atoms with Gasteiger partial charge < -0.3 is 5.11 Å². The lowest BCUT2D eigenvalue weighted by Gasteiger charge is -2.30. The summed E-state index contributed by atoms with van der Waals surface area (Å²) in [5.41, 5.74) is -0.561. The molecule has 0 aliphatic carbocycles. The number of rotatable bonds is 1. The average molecular weight is 236 g/mol. The lowest BCUT2D eigenvalue weighted by molar-refractivity contribution is 0.195. The maximum atomic E-state index is 11.0. The Bertz CT molecular complexity index is 347. The van der Waals surface area contributed by atoms with Crippen LogP contribution in [0.1, 0.15) is 20.8 Å².